The van der Waals surface area contributed by atoms with Crippen LogP contribution in [0.15, 0.2) is 65.0 Å². The molecule has 6 nitrogen and oxygen atoms in total. The van der Waals surface area contributed by atoms with E-state index >= 15 is 4.39 Å². The molecule has 0 saturated heterocycles. The summed E-state index contributed by atoms with van der Waals surface area (Å²) in [4.78, 5) is 27.0. The summed E-state index contributed by atoms with van der Waals surface area (Å²) >= 11 is 0. The Labute approximate surface area is 211 Å². The molecule has 0 fully saturated rings. The van der Waals surface area contributed by atoms with Crippen LogP contribution in [0.25, 0.3) is 0 Å². The first-order chi connectivity index (χ1) is 17.3. The van der Waals surface area contributed by atoms with Crippen LogP contribution in [0.2, 0.25) is 0 Å². The van der Waals surface area contributed by atoms with Gasteiger partial charge in [0.25, 0.3) is 0 Å². The number of hydrogen-bond donors (Lipinski definition) is 1. The van der Waals surface area contributed by atoms with E-state index in [1.54, 1.807) is 39.3 Å². The summed E-state index contributed by atoms with van der Waals surface area (Å²) in [6.45, 7) is 5.51. The van der Waals surface area contributed by atoms with Gasteiger partial charge in [0.1, 0.15) is 5.82 Å². The highest BCUT2D eigenvalue weighted by Gasteiger charge is 2.42. The van der Waals surface area contributed by atoms with Gasteiger partial charge >= 0.3 is 5.97 Å². The van der Waals surface area contributed by atoms with E-state index in [1.165, 1.54) is 6.07 Å². The molecular formula is C29H32FNO5. The van der Waals surface area contributed by atoms with Gasteiger partial charge in [-0.3, -0.25) is 4.79 Å². The van der Waals surface area contributed by atoms with E-state index in [2.05, 4.69) is 5.32 Å². The van der Waals surface area contributed by atoms with Gasteiger partial charge in [0.15, 0.2) is 17.3 Å². The molecule has 7 heteroatoms. The monoisotopic (exact) mass is 493 g/mol. The van der Waals surface area contributed by atoms with Crippen molar-refractivity contribution in [3.05, 3.63) is 81.9 Å². The Morgan fingerprint density at radius 3 is 2.50 bits per heavy atom. The minimum Gasteiger partial charge on any atom is -0.493 e. The first kappa shape index (κ1) is 25.5. The highest BCUT2D eigenvalue weighted by molar-refractivity contribution is 6.04. The summed E-state index contributed by atoms with van der Waals surface area (Å²) in [5, 5.41) is 3.30. The number of ether oxygens (including phenoxy) is 3. The summed E-state index contributed by atoms with van der Waals surface area (Å²) in [6, 6.07) is 11.9. The maximum Gasteiger partial charge on any atom is 0.337 e. The molecule has 1 aliphatic carbocycles. The second-order valence-corrected chi connectivity index (χ2v) is 9.28. The maximum atomic E-state index is 15.1. The van der Waals surface area contributed by atoms with Gasteiger partial charge in [-0.25, -0.2) is 9.18 Å². The van der Waals surface area contributed by atoms with Crippen LogP contribution in [-0.2, 0) is 14.3 Å². The largest absolute Gasteiger partial charge is 0.493 e. The number of halogens is 1. The normalized spacial score (nSPS) is 20.4. The van der Waals surface area contributed by atoms with Gasteiger partial charge in [-0.15, -0.1) is 0 Å². The minimum atomic E-state index is -0.835. The lowest BCUT2D eigenvalue weighted by atomic mass is 9.71. The Kier molecular flexibility index (Phi) is 7.48. The van der Waals surface area contributed by atoms with Crippen molar-refractivity contribution < 1.29 is 28.2 Å². The third-order valence-corrected chi connectivity index (χ3v) is 7.03. The number of esters is 1. The van der Waals surface area contributed by atoms with Crippen molar-refractivity contribution in [1.82, 2.24) is 5.32 Å². The van der Waals surface area contributed by atoms with E-state index in [4.69, 9.17) is 14.2 Å². The molecule has 0 radical (unpaired) electrons. The Morgan fingerprint density at radius 2 is 1.83 bits per heavy atom. The molecule has 2 aliphatic rings. The highest BCUT2D eigenvalue weighted by Crippen LogP contribution is 2.47. The number of methoxy groups -OCH3 is 2. The molecule has 1 aliphatic heterocycles. The van der Waals surface area contributed by atoms with E-state index < -0.39 is 17.7 Å². The van der Waals surface area contributed by atoms with Gasteiger partial charge in [-0.1, -0.05) is 31.2 Å². The van der Waals surface area contributed by atoms with Gasteiger partial charge in [-0.05, 0) is 56.4 Å². The predicted octanol–water partition coefficient (Wildman–Crippen LogP) is 5.55. The lowest BCUT2D eigenvalue weighted by Gasteiger charge is -2.37. The minimum absolute atomic E-state index is 0.105. The molecule has 2 aromatic carbocycles. The number of carbonyl (C=O) groups is 2. The number of Topliss-reactive ketones (excluding diaryl/α,β-unsaturated/α-hetero) is 1. The fraction of sp³-hybridized carbons (Fsp3) is 0.379. The average Bonchev–Trinajstić information content (AvgIpc) is 2.87. The number of benzene rings is 2. The average molecular weight is 494 g/mol. The van der Waals surface area contributed by atoms with Gasteiger partial charge in [-0.2, -0.15) is 0 Å². The summed E-state index contributed by atoms with van der Waals surface area (Å²) < 4.78 is 31.5. The standard InChI is InChI=1S/C29H32FNO5/c1-6-16(2)36-29(33)26-17(3)31-22-13-19(18-11-12-24(34-4)25(15-18)35-5)14-23(32)28(22)27(26)20-9-7-8-10-21(20)30/h7-12,15-16,19,27,31H,6,13-14H2,1-5H3/t16-,19-,27-/m0/s1. The van der Waals surface area contributed by atoms with Gasteiger partial charge in [0.05, 0.1) is 31.8 Å². The predicted molar refractivity (Wildman–Crippen MR) is 134 cm³/mol. The molecule has 0 aromatic heterocycles. The number of carbonyl (C=O) groups excluding carboxylic acids is 2. The smallest absolute Gasteiger partial charge is 0.337 e. The first-order valence-electron chi connectivity index (χ1n) is 12.2. The van der Waals surface area contributed by atoms with E-state index in [9.17, 15) is 9.59 Å². The molecule has 0 bridgehead atoms. The third-order valence-electron chi connectivity index (χ3n) is 7.03. The van der Waals surface area contributed by atoms with Crippen LogP contribution in [0.4, 0.5) is 4.39 Å². The van der Waals surface area contributed by atoms with Crippen LogP contribution in [0, 0.1) is 5.82 Å². The zero-order valence-corrected chi connectivity index (χ0v) is 21.3. The summed E-state index contributed by atoms with van der Waals surface area (Å²) in [7, 11) is 3.15. The number of nitrogens with one attached hydrogen (secondary N) is 1. The third kappa shape index (κ3) is 4.74. The molecule has 190 valence electrons. The number of hydrogen-bond acceptors (Lipinski definition) is 6. The molecule has 4 rings (SSSR count). The Balaban J connectivity index is 1.77. The zero-order valence-electron chi connectivity index (χ0n) is 21.3. The molecule has 0 unspecified atom stereocenters. The fourth-order valence-corrected chi connectivity index (χ4v) is 5.00. The SMILES string of the molecule is CC[C@H](C)OC(=O)C1=C(C)NC2=C(C(=O)C[C@@H](c3ccc(OC)c(OC)c3)C2)[C@H]1c1ccccc1F. The van der Waals surface area contributed by atoms with E-state index in [-0.39, 0.29) is 29.8 Å². The lowest BCUT2D eigenvalue weighted by Crippen LogP contribution is -2.36. The van der Waals surface area contributed by atoms with Crippen LogP contribution in [-0.4, -0.2) is 32.1 Å². The van der Waals surface area contributed by atoms with Crippen molar-refractivity contribution in [3.63, 3.8) is 0 Å². The fourth-order valence-electron chi connectivity index (χ4n) is 5.00. The topological polar surface area (TPSA) is 73.9 Å². The number of rotatable bonds is 7. The molecule has 0 amide bonds. The van der Waals surface area contributed by atoms with Crippen molar-refractivity contribution in [2.45, 2.75) is 58.0 Å². The zero-order chi connectivity index (χ0) is 26.0. The lowest BCUT2D eigenvalue weighted by molar-refractivity contribution is -0.144. The Bertz CT molecular complexity index is 1250. The molecule has 0 saturated carbocycles. The van der Waals surface area contributed by atoms with Crippen LogP contribution in [0.3, 0.4) is 0 Å². The quantitative estimate of drug-likeness (QED) is 0.510. The van der Waals surface area contributed by atoms with E-state index in [1.807, 2.05) is 32.0 Å². The summed E-state index contributed by atoms with van der Waals surface area (Å²) in [6.07, 6.45) is 1.11. The van der Waals surface area contributed by atoms with Crippen LogP contribution in [0.5, 0.6) is 11.5 Å². The molecule has 1 N–H and O–H groups in total. The summed E-state index contributed by atoms with van der Waals surface area (Å²) in [5.74, 6) is -0.866. The first-order valence-corrected chi connectivity index (χ1v) is 12.2. The van der Waals surface area contributed by atoms with Crippen LogP contribution in [0.1, 0.15) is 63.0 Å². The van der Waals surface area contributed by atoms with Crippen molar-refractivity contribution in [3.8, 4) is 11.5 Å². The Morgan fingerprint density at radius 1 is 1.11 bits per heavy atom. The number of dihydropyridines is 1. The molecule has 0 spiro atoms. The Hall–Kier alpha value is -3.61. The molecular weight excluding hydrogens is 461 g/mol. The maximum absolute atomic E-state index is 15.1. The summed E-state index contributed by atoms with van der Waals surface area (Å²) in [5.41, 5.74) is 3.21. The van der Waals surface area contributed by atoms with Crippen LogP contribution < -0.4 is 14.8 Å². The van der Waals surface area contributed by atoms with E-state index in [0.29, 0.717) is 46.9 Å². The van der Waals surface area contributed by atoms with Crippen LogP contribution >= 0.6 is 0 Å². The molecule has 36 heavy (non-hydrogen) atoms. The molecule has 3 atom stereocenters. The van der Waals surface area contributed by atoms with Crippen molar-refractivity contribution >= 4 is 11.8 Å². The highest BCUT2D eigenvalue weighted by atomic mass is 19.1. The van der Waals surface area contributed by atoms with Gasteiger partial charge < -0.3 is 19.5 Å². The van der Waals surface area contributed by atoms with Crippen molar-refractivity contribution in [2.75, 3.05) is 14.2 Å². The van der Waals surface area contributed by atoms with E-state index in [0.717, 1.165) is 5.56 Å². The van der Waals surface area contributed by atoms with Gasteiger partial charge in [0.2, 0.25) is 0 Å². The second-order valence-electron chi connectivity index (χ2n) is 9.28. The number of allylic oxidation sites excluding steroid dienone is 3. The van der Waals surface area contributed by atoms with Crippen molar-refractivity contribution in [1.29, 1.82) is 0 Å². The van der Waals surface area contributed by atoms with Crippen molar-refractivity contribution in [2.24, 2.45) is 0 Å². The molecule has 1 heterocycles. The number of ketones is 1. The van der Waals surface area contributed by atoms with Gasteiger partial charge in [0, 0.05) is 29.0 Å². The second kappa shape index (κ2) is 10.6. The molecule has 2 aromatic rings.